The topological polar surface area (TPSA) is 102 Å². The van der Waals surface area contributed by atoms with Crippen molar-refractivity contribution >= 4 is 5.82 Å². The Kier molecular flexibility index (Phi) is 4.56. The maximum Gasteiger partial charge on any atom is 0.433 e. The summed E-state index contributed by atoms with van der Waals surface area (Å²) in [5, 5.41) is 9.51. The number of aromatic nitrogens is 3. The standard InChI is InChI=1S/C23H16F3N5O4/c24-23(25,26)17-6-15(3-4-28-17)35-16-2-1-13(5-14(16)8-27)10-33-19-7-20-30(21(32)29-19)11-22-12-34-18(22)9-31(20)22/h1-7,18H,9-12H2/t18-,22?/m1/s1. The van der Waals surface area contributed by atoms with Crippen molar-refractivity contribution in [3.8, 4) is 23.4 Å². The molecule has 1 unspecified atom stereocenters. The van der Waals surface area contributed by atoms with Gasteiger partial charge in [-0.05, 0) is 23.8 Å². The van der Waals surface area contributed by atoms with E-state index in [9.17, 15) is 23.2 Å². The number of nitriles is 1. The molecule has 12 heteroatoms. The molecule has 0 radical (unpaired) electrons. The van der Waals surface area contributed by atoms with E-state index in [0.717, 1.165) is 24.6 Å². The number of nitrogens with zero attached hydrogens (tertiary/aromatic N) is 5. The van der Waals surface area contributed by atoms with Crippen LogP contribution in [0.3, 0.4) is 0 Å². The smallest absolute Gasteiger partial charge is 0.433 e. The van der Waals surface area contributed by atoms with E-state index in [-0.39, 0.29) is 41.2 Å². The largest absolute Gasteiger partial charge is 0.473 e. The molecule has 0 aliphatic carbocycles. The first-order valence-corrected chi connectivity index (χ1v) is 10.6. The molecule has 2 atom stereocenters. The van der Waals surface area contributed by atoms with E-state index < -0.39 is 17.6 Å². The van der Waals surface area contributed by atoms with E-state index >= 15 is 0 Å². The Balaban J connectivity index is 1.18. The van der Waals surface area contributed by atoms with Crippen molar-refractivity contribution < 1.29 is 27.4 Å². The first-order valence-electron chi connectivity index (χ1n) is 10.6. The monoisotopic (exact) mass is 483 g/mol. The average molecular weight is 483 g/mol. The third kappa shape index (κ3) is 3.38. The zero-order chi connectivity index (χ0) is 24.4. The van der Waals surface area contributed by atoms with Gasteiger partial charge in [-0.1, -0.05) is 6.07 Å². The van der Waals surface area contributed by atoms with Crippen LogP contribution in [-0.2, 0) is 24.1 Å². The summed E-state index contributed by atoms with van der Waals surface area (Å²) in [7, 11) is 0. The normalized spacial score (nSPS) is 21.7. The summed E-state index contributed by atoms with van der Waals surface area (Å²) in [5.74, 6) is 0.900. The fourth-order valence-electron chi connectivity index (χ4n) is 4.61. The Morgan fingerprint density at radius 3 is 2.83 bits per heavy atom. The number of benzene rings is 1. The lowest BCUT2D eigenvalue weighted by atomic mass is 9.79. The quantitative estimate of drug-likeness (QED) is 0.546. The molecule has 1 aromatic carbocycles. The maximum atomic E-state index is 12.9. The number of ether oxygens (including phenoxy) is 3. The van der Waals surface area contributed by atoms with Crippen molar-refractivity contribution in [3.05, 3.63) is 69.9 Å². The summed E-state index contributed by atoms with van der Waals surface area (Å²) in [5.41, 5.74) is -0.934. The van der Waals surface area contributed by atoms with Crippen molar-refractivity contribution in [3.63, 3.8) is 0 Å². The molecule has 0 amide bonds. The van der Waals surface area contributed by atoms with Gasteiger partial charge in [-0.3, -0.25) is 9.55 Å². The predicted octanol–water partition coefficient (Wildman–Crippen LogP) is 2.87. The lowest BCUT2D eigenvalue weighted by molar-refractivity contribution is -0.174. The third-order valence-electron chi connectivity index (χ3n) is 6.49. The molecule has 9 nitrogen and oxygen atoms in total. The number of alkyl halides is 3. The van der Waals surface area contributed by atoms with Crippen molar-refractivity contribution in [2.24, 2.45) is 0 Å². The van der Waals surface area contributed by atoms with Gasteiger partial charge in [0, 0.05) is 24.9 Å². The second-order valence-electron chi connectivity index (χ2n) is 8.54. The zero-order valence-electron chi connectivity index (χ0n) is 18.0. The molecule has 5 heterocycles. The summed E-state index contributed by atoms with van der Waals surface area (Å²) in [6.07, 6.45) is -3.49. The Morgan fingerprint density at radius 1 is 1.26 bits per heavy atom. The Labute approximate surface area is 195 Å². The molecule has 0 bridgehead atoms. The average Bonchev–Trinajstić information content (AvgIpc) is 3.14. The lowest BCUT2D eigenvalue weighted by Gasteiger charge is -2.61. The van der Waals surface area contributed by atoms with Crippen molar-refractivity contribution in [1.29, 1.82) is 5.26 Å². The number of morpholine rings is 1. The van der Waals surface area contributed by atoms with Crippen LogP contribution in [0.15, 0.2) is 47.4 Å². The molecule has 2 aromatic heterocycles. The second-order valence-corrected chi connectivity index (χ2v) is 8.54. The van der Waals surface area contributed by atoms with E-state index in [4.69, 9.17) is 14.2 Å². The molecule has 1 spiro atoms. The summed E-state index contributed by atoms with van der Waals surface area (Å²) >= 11 is 0. The number of hydrogen-bond donors (Lipinski definition) is 0. The number of hydrogen-bond acceptors (Lipinski definition) is 8. The van der Waals surface area contributed by atoms with Crippen LogP contribution in [-0.4, -0.2) is 39.3 Å². The van der Waals surface area contributed by atoms with Crippen LogP contribution < -0.4 is 20.1 Å². The van der Waals surface area contributed by atoms with Crippen LogP contribution in [0.25, 0.3) is 0 Å². The molecule has 3 aliphatic heterocycles. The van der Waals surface area contributed by atoms with Crippen LogP contribution >= 0.6 is 0 Å². The van der Waals surface area contributed by atoms with Crippen LogP contribution in [0, 0.1) is 11.3 Å². The van der Waals surface area contributed by atoms with Gasteiger partial charge in [-0.15, -0.1) is 0 Å². The van der Waals surface area contributed by atoms with Gasteiger partial charge in [0.1, 0.15) is 47.3 Å². The minimum atomic E-state index is -4.61. The highest BCUT2D eigenvalue weighted by atomic mass is 19.4. The number of halogens is 3. The van der Waals surface area contributed by atoms with Gasteiger partial charge < -0.3 is 19.1 Å². The van der Waals surface area contributed by atoms with E-state index in [1.807, 2.05) is 6.07 Å². The van der Waals surface area contributed by atoms with Gasteiger partial charge in [0.2, 0.25) is 5.88 Å². The fraction of sp³-hybridized carbons (Fsp3) is 0.304. The van der Waals surface area contributed by atoms with Gasteiger partial charge in [0.05, 0.1) is 18.7 Å². The van der Waals surface area contributed by atoms with Crippen molar-refractivity contribution in [1.82, 2.24) is 14.5 Å². The maximum absolute atomic E-state index is 12.9. The van der Waals surface area contributed by atoms with E-state index in [1.165, 1.54) is 18.2 Å². The third-order valence-corrected chi connectivity index (χ3v) is 6.49. The summed E-state index contributed by atoms with van der Waals surface area (Å²) in [4.78, 5) is 21.9. The van der Waals surface area contributed by atoms with E-state index in [1.54, 1.807) is 16.7 Å². The minimum absolute atomic E-state index is 0.0230. The van der Waals surface area contributed by atoms with E-state index in [2.05, 4.69) is 14.9 Å². The van der Waals surface area contributed by atoms with E-state index in [0.29, 0.717) is 18.7 Å². The van der Waals surface area contributed by atoms with Gasteiger partial charge in [0.25, 0.3) is 0 Å². The molecule has 0 saturated carbocycles. The number of fused-ring (bicyclic) bond motifs is 2. The Bertz CT molecular complexity index is 1450. The van der Waals surface area contributed by atoms with Gasteiger partial charge in [0.15, 0.2) is 0 Å². The summed E-state index contributed by atoms with van der Waals surface area (Å²) in [6, 6.07) is 10.3. The van der Waals surface area contributed by atoms with Gasteiger partial charge >= 0.3 is 11.9 Å². The van der Waals surface area contributed by atoms with Crippen LogP contribution in [0.2, 0.25) is 0 Å². The summed E-state index contributed by atoms with van der Waals surface area (Å²) in [6.45, 7) is 1.87. The van der Waals surface area contributed by atoms with Crippen molar-refractivity contribution in [2.45, 2.75) is 31.0 Å². The first-order chi connectivity index (χ1) is 16.8. The van der Waals surface area contributed by atoms with Crippen LogP contribution in [0.5, 0.6) is 17.4 Å². The highest BCUT2D eigenvalue weighted by molar-refractivity contribution is 5.56. The molecule has 178 valence electrons. The zero-order valence-corrected chi connectivity index (χ0v) is 18.0. The number of anilines is 1. The molecule has 35 heavy (non-hydrogen) atoms. The minimum Gasteiger partial charge on any atom is -0.473 e. The molecule has 3 aliphatic rings. The fourth-order valence-corrected chi connectivity index (χ4v) is 4.61. The molecule has 6 rings (SSSR count). The van der Waals surface area contributed by atoms with Crippen LogP contribution in [0.4, 0.5) is 19.0 Å². The number of rotatable bonds is 5. The first kappa shape index (κ1) is 21.4. The van der Waals surface area contributed by atoms with Crippen molar-refractivity contribution in [2.75, 3.05) is 18.1 Å². The lowest BCUT2D eigenvalue weighted by Crippen LogP contribution is -2.80. The van der Waals surface area contributed by atoms with Gasteiger partial charge in [-0.2, -0.15) is 23.4 Å². The number of pyridine rings is 1. The molecule has 0 N–H and O–H groups in total. The van der Waals surface area contributed by atoms with Gasteiger partial charge in [-0.25, -0.2) is 4.79 Å². The Hall–Kier alpha value is -4.11. The highest BCUT2D eigenvalue weighted by Crippen LogP contribution is 2.50. The molecular weight excluding hydrogens is 467 g/mol. The summed E-state index contributed by atoms with van der Waals surface area (Å²) < 4.78 is 57.1. The Morgan fingerprint density at radius 2 is 2.11 bits per heavy atom. The molecule has 2 fully saturated rings. The highest BCUT2D eigenvalue weighted by Gasteiger charge is 2.65. The molecular formula is C23H16F3N5O4. The van der Waals surface area contributed by atoms with Crippen LogP contribution in [0.1, 0.15) is 16.8 Å². The SMILES string of the molecule is N#Cc1cc(COc2cc3n(c(=O)n2)CC24CO[C@@H]2CN34)ccc1Oc1ccnc(C(F)(F)F)c1. The molecule has 2 saturated heterocycles. The second kappa shape index (κ2) is 7.44. The molecule has 3 aromatic rings. The predicted molar refractivity (Wildman–Crippen MR) is 113 cm³/mol.